The van der Waals surface area contributed by atoms with E-state index in [2.05, 4.69) is 38.1 Å². The Labute approximate surface area is 231 Å². The fraction of sp³-hybridized carbons (Fsp3) is 0.0857. The molecule has 5 heteroatoms. The van der Waals surface area contributed by atoms with Crippen LogP contribution in [0.4, 0.5) is 0 Å². The Balaban J connectivity index is 1.37. The molecule has 0 atom stereocenters. The van der Waals surface area contributed by atoms with Crippen molar-refractivity contribution in [3.05, 3.63) is 121 Å². The summed E-state index contributed by atoms with van der Waals surface area (Å²) in [5.74, 6) is 1.40. The molecule has 4 aromatic carbocycles. The zero-order valence-electron chi connectivity index (χ0n) is 22.1. The Morgan fingerprint density at radius 2 is 1.25 bits per heavy atom. The second-order valence-corrected chi connectivity index (χ2v) is 10.7. The van der Waals surface area contributed by atoms with Crippen molar-refractivity contribution in [2.75, 3.05) is 0 Å². The second-order valence-electron chi connectivity index (χ2n) is 10.7. The highest BCUT2D eigenvalue weighted by Crippen LogP contribution is 2.50. The average Bonchev–Trinajstić information content (AvgIpc) is 3.49. The van der Waals surface area contributed by atoms with E-state index in [0.717, 1.165) is 66.8 Å². The zero-order valence-corrected chi connectivity index (χ0v) is 22.1. The number of aromatic nitrogens is 4. The third-order valence-corrected chi connectivity index (χ3v) is 7.87. The van der Waals surface area contributed by atoms with Gasteiger partial charge in [-0.1, -0.05) is 78.9 Å². The molecule has 0 saturated carbocycles. The highest BCUT2D eigenvalue weighted by atomic mass is 16.3. The van der Waals surface area contributed by atoms with Crippen molar-refractivity contribution in [2.24, 2.45) is 0 Å². The molecule has 5 nitrogen and oxygen atoms in total. The number of fused-ring (bicyclic) bond motifs is 6. The van der Waals surface area contributed by atoms with E-state index in [1.54, 1.807) is 0 Å². The molecular formula is C35H24N4O. The first-order valence-electron chi connectivity index (χ1n) is 13.4. The van der Waals surface area contributed by atoms with Crippen LogP contribution in [0.2, 0.25) is 0 Å². The van der Waals surface area contributed by atoms with E-state index in [9.17, 15) is 0 Å². The van der Waals surface area contributed by atoms with E-state index in [-0.39, 0.29) is 0 Å². The Hall–Kier alpha value is -5.16. The van der Waals surface area contributed by atoms with Crippen LogP contribution in [0.3, 0.4) is 0 Å². The maximum Gasteiger partial charge on any atom is 0.160 e. The first-order valence-corrected chi connectivity index (χ1v) is 13.4. The lowest BCUT2D eigenvalue weighted by molar-refractivity contribution is 0.614. The fourth-order valence-corrected chi connectivity index (χ4v) is 5.85. The summed E-state index contributed by atoms with van der Waals surface area (Å²) in [6.07, 6.45) is 1.94. The van der Waals surface area contributed by atoms with Crippen LogP contribution in [0, 0.1) is 0 Å². The minimum Gasteiger partial charge on any atom is -0.456 e. The van der Waals surface area contributed by atoms with Crippen LogP contribution in [0.25, 0.3) is 67.1 Å². The molecule has 8 rings (SSSR count). The number of para-hydroxylation sites is 1. The van der Waals surface area contributed by atoms with Crippen LogP contribution in [0.5, 0.6) is 0 Å². The standard InChI is InChI=1S/C35H24N4O/c1-35(2)31-26(20-36-33(38-31)22-13-7-4-8-14-22)29-30(21-11-5-3-6-12-21)37-34(39-32(29)35)23-17-18-28-25(19-23)24-15-9-10-16-27(24)40-28/h3-20H,1-2H3. The summed E-state index contributed by atoms with van der Waals surface area (Å²) in [7, 11) is 0. The molecule has 1 aliphatic rings. The van der Waals surface area contributed by atoms with Gasteiger partial charge in [0.2, 0.25) is 0 Å². The van der Waals surface area contributed by atoms with E-state index < -0.39 is 5.41 Å². The molecule has 3 heterocycles. The molecule has 7 aromatic rings. The quantitative estimate of drug-likeness (QED) is 0.236. The molecule has 3 aromatic heterocycles. The van der Waals surface area contributed by atoms with Gasteiger partial charge in [-0.3, -0.25) is 0 Å². The summed E-state index contributed by atoms with van der Waals surface area (Å²) in [5, 5.41) is 2.14. The number of benzene rings is 4. The second kappa shape index (κ2) is 8.42. The normalized spacial score (nSPS) is 13.4. The van der Waals surface area contributed by atoms with Gasteiger partial charge in [0.15, 0.2) is 11.6 Å². The number of furan rings is 1. The molecule has 0 saturated heterocycles. The van der Waals surface area contributed by atoms with Crippen molar-refractivity contribution in [1.29, 1.82) is 0 Å². The van der Waals surface area contributed by atoms with Crippen LogP contribution in [0.15, 0.2) is 114 Å². The fourth-order valence-electron chi connectivity index (χ4n) is 5.85. The van der Waals surface area contributed by atoms with Crippen molar-refractivity contribution in [3.63, 3.8) is 0 Å². The molecule has 0 bridgehead atoms. The van der Waals surface area contributed by atoms with Gasteiger partial charge in [-0.05, 0) is 38.1 Å². The monoisotopic (exact) mass is 516 g/mol. The average molecular weight is 517 g/mol. The number of nitrogens with zero attached hydrogens (tertiary/aromatic N) is 4. The van der Waals surface area contributed by atoms with Crippen LogP contribution >= 0.6 is 0 Å². The van der Waals surface area contributed by atoms with Gasteiger partial charge < -0.3 is 4.42 Å². The molecule has 1 aliphatic carbocycles. The summed E-state index contributed by atoms with van der Waals surface area (Å²) in [6.45, 7) is 4.38. The third kappa shape index (κ3) is 3.34. The third-order valence-electron chi connectivity index (χ3n) is 7.87. The minimum atomic E-state index is -0.440. The summed E-state index contributed by atoms with van der Waals surface area (Å²) in [5.41, 5.74) is 9.07. The lowest BCUT2D eigenvalue weighted by Crippen LogP contribution is -2.19. The minimum absolute atomic E-state index is 0.440. The Morgan fingerprint density at radius 3 is 2.05 bits per heavy atom. The highest BCUT2D eigenvalue weighted by molar-refractivity contribution is 6.06. The van der Waals surface area contributed by atoms with Gasteiger partial charge in [-0.2, -0.15) is 0 Å². The predicted octanol–water partition coefficient (Wildman–Crippen LogP) is 8.47. The lowest BCUT2D eigenvalue weighted by Gasteiger charge is -2.20. The SMILES string of the molecule is CC1(C)c2nc(-c3ccccc3)ncc2-c2c(-c3ccccc3)nc(-c3ccc4oc5ccccc5c4c3)nc21. The first-order chi connectivity index (χ1) is 19.6. The van der Waals surface area contributed by atoms with E-state index in [4.69, 9.17) is 24.4 Å². The predicted molar refractivity (Wildman–Crippen MR) is 159 cm³/mol. The van der Waals surface area contributed by atoms with Gasteiger partial charge >= 0.3 is 0 Å². The van der Waals surface area contributed by atoms with Crippen molar-refractivity contribution in [1.82, 2.24) is 19.9 Å². The van der Waals surface area contributed by atoms with Gasteiger partial charge in [0.1, 0.15) is 11.2 Å². The maximum absolute atomic E-state index is 6.08. The molecular weight excluding hydrogens is 492 g/mol. The molecule has 0 aliphatic heterocycles. The summed E-state index contributed by atoms with van der Waals surface area (Å²) in [4.78, 5) is 20.3. The Bertz CT molecular complexity index is 2080. The Kier molecular flexibility index (Phi) is 4.80. The maximum atomic E-state index is 6.08. The summed E-state index contributed by atoms with van der Waals surface area (Å²) < 4.78 is 6.08. The molecule has 190 valence electrons. The van der Waals surface area contributed by atoms with E-state index in [1.165, 1.54) is 0 Å². The number of rotatable bonds is 3. The van der Waals surface area contributed by atoms with Gasteiger partial charge in [0, 0.05) is 44.8 Å². The molecule has 0 amide bonds. The lowest BCUT2D eigenvalue weighted by atomic mass is 9.88. The molecule has 0 spiro atoms. The van der Waals surface area contributed by atoms with Crippen molar-refractivity contribution in [3.8, 4) is 45.2 Å². The topological polar surface area (TPSA) is 64.7 Å². The smallest absolute Gasteiger partial charge is 0.160 e. The first kappa shape index (κ1) is 22.8. The van der Waals surface area contributed by atoms with Gasteiger partial charge in [-0.15, -0.1) is 0 Å². The van der Waals surface area contributed by atoms with Crippen molar-refractivity contribution in [2.45, 2.75) is 19.3 Å². The largest absolute Gasteiger partial charge is 0.456 e. The van der Waals surface area contributed by atoms with Crippen molar-refractivity contribution < 1.29 is 4.42 Å². The van der Waals surface area contributed by atoms with Crippen LogP contribution in [-0.2, 0) is 5.41 Å². The highest BCUT2D eigenvalue weighted by Gasteiger charge is 2.42. The van der Waals surface area contributed by atoms with Crippen LogP contribution in [0.1, 0.15) is 25.2 Å². The molecule has 0 fully saturated rings. The van der Waals surface area contributed by atoms with Gasteiger partial charge in [0.25, 0.3) is 0 Å². The zero-order chi connectivity index (χ0) is 26.8. The molecule has 40 heavy (non-hydrogen) atoms. The Morgan fingerprint density at radius 1 is 0.575 bits per heavy atom. The van der Waals surface area contributed by atoms with E-state index in [1.807, 2.05) is 85.1 Å². The summed E-state index contributed by atoms with van der Waals surface area (Å²) in [6, 6.07) is 34.7. The number of hydrogen-bond acceptors (Lipinski definition) is 5. The van der Waals surface area contributed by atoms with Crippen LogP contribution < -0.4 is 0 Å². The summed E-state index contributed by atoms with van der Waals surface area (Å²) >= 11 is 0. The van der Waals surface area contributed by atoms with Gasteiger partial charge in [-0.25, -0.2) is 19.9 Å². The van der Waals surface area contributed by atoms with Crippen molar-refractivity contribution >= 4 is 21.9 Å². The number of hydrogen-bond donors (Lipinski definition) is 0. The van der Waals surface area contributed by atoms with E-state index >= 15 is 0 Å². The molecule has 0 radical (unpaired) electrons. The van der Waals surface area contributed by atoms with Gasteiger partial charge in [0.05, 0.1) is 22.5 Å². The van der Waals surface area contributed by atoms with Crippen LogP contribution in [-0.4, -0.2) is 19.9 Å². The molecule has 0 N–H and O–H groups in total. The molecule has 0 unspecified atom stereocenters. The van der Waals surface area contributed by atoms with E-state index in [0.29, 0.717) is 11.6 Å².